The maximum Gasteiger partial charge on any atom is 0.410 e. The topological polar surface area (TPSA) is 63.6 Å². The van der Waals surface area contributed by atoms with Gasteiger partial charge in [0.15, 0.2) is 0 Å². The zero-order valence-corrected chi connectivity index (χ0v) is 18.5. The molecule has 0 bridgehead atoms. The highest BCUT2D eigenvalue weighted by Crippen LogP contribution is 2.25. The van der Waals surface area contributed by atoms with Crippen molar-refractivity contribution in [1.29, 1.82) is 0 Å². The van der Waals surface area contributed by atoms with E-state index in [1.165, 1.54) is 11.1 Å². The van der Waals surface area contributed by atoms with Crippen LogP contribution in [0.3, 0.4) is 0 Å². The van der Waals surface area contributed by atoms with E-state index >= 15 is 0 Å². The van der Waals surface area contributed by atoms with Gasteiger partial charge in [0.2, 0.25) is 0 Å². The summed E-state index contributed by atoms with van der Waals surface area (Å²) in [6.07, 6.45) is 4.12. The number of carbonyl (C=O) groups excluding carboxylic acids is 2. The van der Waals surface area contributed by atoms with Crippen LogP contribution < -0.4 is 5.32 Å². The highest BCUT2D eigenvalue weighted by Gasteiger charge is 2.28. The first-order valence-electron chi connectivity index (χ1n) is 10.7. The zero-order valence-electron chi connectivity index (χ0n) is 18.5. The molecule has 6 heteroatoms. The standard InChI is InChI=1S/C24H33N3O3/c1-18-8-5-6-9-19(18)11-14-25-22(28)21-10-7-15-27(21)20-12-16-26(17-13-20)23(29)30-24(2,3)4/h5-10,15,20H,11-14,16-17H2,1-4H3,(H,25,28). The SMILES string of the molecule is Cc1ccccc1CCNC(=O)c1cccn1C1CCN(C(=O)OC(C)(C)C)CC1. The molecule has 1 aliphatic heterocycles. The van der Waals surface area contributed by atoms with Gasteiger partial charge in [-0.05, 0) is 70.2 Å². The number of nitrogens with zero attached hydrogens (tertiary/aromatic N) is 2. The number of rotatable bonds is 5. The Balaban J connectivity index is 1.53. The van der Waals surface area contributed by atoms with Crippen molar-refractivity contribution < 1.29 is 14.3 Å². The molecule has 1 fully saturated rings. The highest BCUT2D eigenvalue weighted by atomic mass is 16.6. The Kier molecular flexibility index (Phi) is 6.85. The number of benzene rings is 1. The molecule has 162 valence electrons. The summed E-state index contributed by atoms with van der Waals surface area (Å²) in [5.41, 5.74) is 2.68. The molecule has 1 saturated heterocycles. The lowest BCUT2D eigenvalue weighted by Gasteiger charge is -2.34. The molecule has 1 aromatic heterocycles. The number of aromatic nitrogens is 1. The Morgan fingerprint density at radius 3 is 2.47 bits per heavy atom. The van der Waals surface area contributed by atoms with Crippen molar-refractivity contribution in [3.8, 4) is 0 Å². The third kappa shape index (κ3) is 5.65. The third-order valence-electron chi connectivity index (χ3n) is 5.46. The minimum atomic E-state index is -0.488. The van der Waals surface area contributed by atoms with Gasteiger partial charge in [0.05, 0.1) is 0 Å². The summed E-state index contributed by atoms with van der Waals surface area (Å²) in [5.74, 6) is -0.0526. The van der Waals surface area contributed by atoms with Crippen molar-refractivity contribution in [1.82, 2.24) is 14.8 Å². The smallest absolute Gasteiger partial charge is 0.410 e. The second-order valence-corrected chi connectivity index (χ2v) is 8.93. The first-order valence-corrected chi connectivity index (χ1v) is 10.7. The molecule has 0 spiro atoms. The molecule has 3 rings (SSSR count). The van der Waals surface area contributed by atoms with Crippen LogP contribution in [0, 0.1) is 6.92 Å². The van der Waals surface area contributed by atoms with Crippen molar-refractivity contribution in [3.63, 3.8) is 0 Å². The fourth-order valence-corrected chi connectivity index (χ4v) is 3.85. The monoisotopic (exact) mass is 411 g/mol. The van der Waals surface area contributed by atoms with Crippen LogP contribution in [-0.2, 0) is 11.2 Å². The molecule has 6 nitrogen and oxygen atoms in total. The average molecular weight is 412 g/mol. The van der Waals surface area contributed by atoms with E-state index in [0.717, 1.165) is 19.3 Å². The van der Waals surface area contributed by atoms with Gasteiger partial charge in [-0.2, -0.15) is 0 Å². The Bertz CT molecular complexity index is 874. The lowest BCUT2D eigenvalue weighted by Crippen LogP contribution is -2.42. The summed E-state index contributed by atoms with van der Waals surface area (Å²) in [7, 11) is 0. The lowest BCUT2D eigenvalue weighted by molar-refractivity contribution is 0.0187. The van der Waals surface area contributed by atoms with E-state index in [9.17, 15) is 9.59 Å². The van der Waals surface area contributed by atoms with Gasteiger partial charge < -0.3 is 19.5 Å². The summed E-state index contributed by atoms with van der Waals surface area (Å²) in [4.78, 5) is 26.8. The second kappa shape index (κ2) is 9.37. The minimum absolute atomic E-state index is 0.0526. The number of aryl methyl sites for hydroxylation is 1. The van der Waals surface area contributed by atoms with E-state index in [4.69, 9.17) is 4.74 Å². The van der Waals surface area contributed by atoms with Crippen molar-refractivity contribution in [3.05, 3.63) is 59.4 Å². The lowest BCUT2D eigenvalue weighted by atomic mass is 10.0. The first kappa shape index (κ1) is 21.9. The Morgan fingerprint density at radius 1 is 1.10 bits per heavy atom. The van der Waals surface area contributed by atoms with Gasteiger partial charge in [0.25, 0.3) is 5.91 Å². The summed E-state index contributed by atoms with van der Waals surface area (Å²) in [6.45, 7) is 9.58. The largest absolute Gasteiger partial charge is 0.444 e. The highest BCUT2D eigenvalue weighted by molar-refractivity contribution is 5.92. The van der Waals surface area contributed by atoms with E-state index < -0.39 is 5.60 Å². The quantitative estimate of drug-likeness (QED) is 0.796. The van der Waals surface area contributed by atoms with Gasteiger partial charge in [-0.3, -0.25) is 4.79 Å². The van der Waals surface area contributed by atoms with Crippen LogP contribution in [0.15, 0.2) is 42.6 Å². The van der Waals surface area contributed by atoms with Crippen LogP contribution >= 0.6 is 0 Å². The molecule has 30 heavy (non-hydrogen) atoms. The molecule has 0 aliphatic carbocycles. The van der Waals surface area contributed by atoms with Gasteiger partial charge in [-0.25, -0.2) is 4.79 Å². The number of hydrogen-bond donors (Lipinski definition) is 1. The summed E-state index contributed by atoms with van der Waals surface area (Å²) < 4.78 is 7.52. The Hall–Kier alpha value is -2.76. The fourth-order valence-electron chi connectivity index (χ4n) is 3.85. The molecular formula is C24H33N3O3. The fraction of sp³-hybridized carbons (Fsp3) is 0.500. The molecule has 2 heterocycles. The number of piperidine rings is 1. The molecule has 0 atom stereocenters. The first-order chi connectivity index (χ1) is 14.2. The molecule has 1 aliphatic rings. The molecular weight excluding hydrogens is 378 g/mol. The van der Waals surface area contributed by atoms with Crippen LogP contribution in [0.25, 0.3) is 0 Å². The number of likely N-dealkylation sites (tertiary alicyclic amines) is 1. The minimum Gasteiger partial charge on any atom is -0.444 e. The molecule has 0 radical (unpaired) electrons. The average Bonchev–Trinajstić information content (AvgIpc) is 3.18. The van der Waals surface area contributed by atoms with Gasteiger partial charge in [0.1, 0.15) is 11.3 Å². The number of nitrogens with one attached hydrogen (secondary N) is 1. The molecule has 2 amide bonds. The van der Waals surface area contributed by atoms with Crippen LogP contribution in [-0.4, -0.2) is 46.7 Å². The van der Waals surface area contributed by atoms with Gasteiger partial charge in [0, 0.05) is 31.9 Å². The van der Waals surface area contributed by atoms with Crippen LogP contribution in [0.5, 0.6) is 0 Å². The van der Waals surface area contributed by atoms with Crippen molar-refractivity contribution >= 4 is 12.0 Å². The van der Waals surface area contributed by atoms with E-state index in [1.807, 2.05) is 51.2 Å². The van der Waals surface area contributed by atoms with E-state index in [-0.39, 0.29) is 18.0 Å². The van der Waals surface area contributed by atoms with Gasteiger partial charge >= 0.3 is 6.09 Å². The number of hydrogen-bond acceptors (Lipinski definition) is 3. The number of ether oxygens (including phenoxy) is 1. The number of carbonyl (C=O) groups is 2. The Morgan fingerprint density at radius 2 is 1.80 bits per heavy atom. The van der Waals surface area contributed by atoms with Crippen LogP contribution in [0.4, 0.5) is 4.79 Å². The molecule has 1 N–H and O–H groups in total. The molecule has 0 unspecified atom stereocenters. The second-order valence-electron chi connectivity index (χ2n) is 8.93. The van der Waals surface area contributed by atoms with E-state index in [1.54, 1.807) is 4.90 Å². The summed E-state index contributed by atoms with van der Waals surface area (Å²) in [6, 6.07) is 12.2. The Labute approximate surface area is 179 Å². The van der Waals surface area contributed by atoms with E-state index in [2.05, 4.69) is 28.9 Å². The summed E-state index contributed by atoms with van der Waals surface area (Å²) >= 11 is 0. The predicted molar refractivity (Wildman–Crippen MR) is 118 cm³/mol. The van der Waals surface area contributed by atoms with Gasteiger partial charge in [-0.1, -0.05) is 24.3 Å². The number of amides is 2. The van der Waals surface area contributed by atoms with Gasteiger partial charge in [-0.15, -0.1) is 0 Å². The zero-order chi connectivity index (χ0) is 21.7. The maximum absolute atomic E-state index is 12.8. The maximum atomic E-state index is 12.8. The molecule has 0 saturated carbocycles. The van der Waals surface area contributed by atoms with Crippen molar-refractivity contribution in [2.75, 3.05) is 19.6 Å². The van der Waals surface area contributed by atoms with Crippen molar-refractivity contribution in [2.24, 2.45) is 0 Å². The molecule has 2 aromatic rings. The van der Waals surface area contributed by atoms with Crippen LogP contribution in [0.2, 0.25) is 0 Å². The normalized spacial score (nSPS) is 15.1. The molecule has 1 aromatic carbocycles. The third-order valence-corrected chi connectivity index (χ3v) is 5.46. The predicted octanol–water partition coefficient (Wildman–Crippen LogP) is 4.34. The van der Waals surface area contributed by atoms with Crippen molar-refractivity contribution in [2.45, 2.75) is 58.6 Å². The summed E-state index contributed by atoms with van der Waals surface area (Å²) in [5, 5.41) is 3.05. The van der Waals surface area contributed by atoms with Crippen LogP contribution in [0.1, 0.15) is 61.3 Å². The van der Waals surface area contributed by atoms with E-state index in [0.29, 0.717) is 25.3 Å².